The quantitative estimate of drug-likeness (QED) is 0.310. The molecule has 1 unspecified atom stereocenters. The highest BCUT2D eigenvalue weighted by Crippen LogP contribution is 2.41. The normalized spacial score (nSPS) is 17.2. The van der Waals surface area contributed by atoms with Crippen LogP contribution in [0, 0.1) is 0 Å². The van der Waals surface area contributed by atoms with E-state index < -0.39 is 4.75 Å². The number of hydrogen-bond donors (Lipinski definition) is 1. The van der Waals surface area contributed by atoms with Crippen molar-refractivity contribution in [2.75, 3.05) is 13.2 Å². The number of para-hydroxylation sites is 1. The minimum atomic E-state index is -0.939. The Labute approximate surface area is 210 Å². The summed E-state index contributed by atoms with van der Waals surface area (Å²) in [4.78, 5) is 23.9. The van der Waals surface area contributed by atoms with Crippen LogP contribution in [-0.2, 0) is 16.0 Å². The molecule has 1 N–H and O–H groups in total. The molecule has 0 radical (unpaired) electrons. The van der Waals surface area contributed by atoms with Crippen LogP contribution >= 0.6 is 11.8 Å². The SMILES string of the molecule is CCCc1cc(Oc2ccccc2)ccc1OCCCOc1cccc(C2(C)SC(=O)NC2=O)c1. The summed E-state index contributed by atoms with van der Waals surface area (Å²) >= 11 is 0.990. The third kappa shape index (κ3) is 6.17. The molecule has 1 heterocycles. The molecule has 7 heteroatoms. The number of hydrogen-bond acceptors (Lipinski definition) is 6. The van der Waals surface area contributed by atoms with Crippen molar-refractivity contribution in [3.8, 4) is 23.0 Å². The summed E-state index contributed by atoms with van der Waals surface area (Å²) in [6.07, 6.45) is 2.60. The zero-order valence-corrected chi connectivity index (χ0v) is 20.7. The van der Waals surface area contributed by atoms with Gasteiger partial charge in [-0.25, -0.2) is 0 Å². The molecule has 0 aliphatic carbocycles. The summed E-state index contributed by atoms with van der Waals surface area (Å²) in [6.45, 7) is 4.87. The second-order valence-corrected chi connectivity index (χ2v) is 9.78. The van der Waals surface area contributed by atoms with Crippen LogP contribution < -0.4 is 19.5 Å². The van der Waals surface area contributed by atoms with Crippen LogP contribution in [0.4, 0.5) is 4.79 Å². The minimum Gasteiger partial charge on any atom is -0.493 e. The van der Waals surface area contributed by atoms with Crippen LogP contribution in [0.2, 0.25) is 0 Å². The molecule has 1 saturated heterocycles. The topological polar surface area (TPSA) is 73.9 Å². The molecule has 3 aromatic rings. The van der Waals surface area contributed by atoms with Crippen molar-refractivity contribution in [3.63, 3.8) is 0 Å². The Morgan fingerprint density at radius 2 is 1.63 bits per heavy atom. The van der Waals surface area contributed by atoms with E-state index in [1.165, 1.54) is 0 Å². The smallest absolute Gasteiger partial charge is 0.287 e. The summed E-state index contributed by atoms with van der Waals surface area (Å²) in [5.74, 6) is 2.81. The van der Waals surface area contributed by atoms with Gasteiger partial charge < -0.3 is 14.2 Å². The first-order chi connectivity index (χ1) is 17.0. The minimum absolute atomic E-state index is 0.305. The zero-order chi connectivity index (χ0) is 24.7. The van der Waals surface area contributed by atoms with Crippen molar-refractivity contribution >= 4 is 22.9 Å². The maximum Gasteiger partial charge on any atom is 0.287 e. The van der Waals surface area contributed by atoms with Crippen LogP contribution in [0.25, 0.3) is 0 Å². The van der Waals surface area contributed by atoms with E-state index in [-0.39, 0.29) is 11.1 Å². The van der Waals surface area contributed by atoms with Crippen molar-refractivity contribution in [1.82, 2.24) is 5.32 Å². The van der Waals surface area contributed by atoms with E-state index in [2.05, 4.69) is 12.2 Å². The van der Waals surface area contributed by atoms with Gasteiger partial charge in [0.05, 0.1) is 13.2 Å². The maximum absolute atomic E-state index is 12.2. The third-order valence-corrected chi connectivity index (χ3v) is 6.79. The molecular weight excluding hydrogens is 462 g/mol. The predicted octanol–water partition coefficient (Wildman–Crippen LogP) is 6.48. The maximum atomic E-state index is 12.2. The van der Waals surface area contributed by atoms with Gasteiger partial charge in [-0.15, -0.1) is 0 Å². The lowest BCUT2D eigenvalue weighted by Crippen LogP contribution is -2.31. The molecular formula is C28H29NO5S. The molecule has 3 aromatic carbocycles. The van der Waals surface area contributed by atoms with Crippen molar-refractivity contribution < 1.29 is 23.8 Å². The van der Waals surface area contributed by atoms with Gasteiger partial charge in [0.15, 0.2) is 0 Å². The van der Waals surface area contributed by atoms with Gasteiger partial charge in [0.1, 0.15) is 27.7 Å². The van der Waals surface area contributed by atoms with Gasteiger partial charge in [-0.2, -0.15) is 0 Å². The van der Waals surface area contributed by atoms with E-state index in [9.17, 15) is 9.59 Å². The van der Waals surface area contributed by atoms with Crippen molar-refractivity contribution in [3.05, 3.63) is 83.9 Å². The highest BCUT2D eigenvalue weighted by atomic mass is 32.2. The third-order valence-electron chi connectivity index (χ3n) is 5.68. The fourth-order valence-electron chi connectivity index (χ4n) is 3.82. The second-order valence-electron chi connectivity index (χ2n) is 8.39. The van der Waals surface area contributed by atoms with Gasteiger partial charge in [0, 0.05) is 6.42 Å². The van der Waals surface area contributed by atoms with E-state index in [1.54, 1.807) is 6.92 Å². The molecule has 6 nitrogen and oxygen atoms in total. The first-order valence-corrected chi connectivity index (χ1v) is 12.6. The van der Waals surface area contributed by atoms with Gasteiger partial charge in [-0.1, -0.05) is 43.7 Å². The molecule has 0 bridgehead atoms. The summed E-state index contributed by atoms with van der Waals surface area (Å²) in [7, 11) is 0. The van der Waals surface area contributed by atoms with E-state index >= 15 is 0 Å². The summed E-state index contributed by atoms with van der Waals surface area (Å²) < 4.78 is 17.0. The Morgan fingerprint density at radius 3 is 2.37 bits per heavy atom. The van der Waals surface area contributed by atoms with E-state index in [0.29, 0.717) is 25.4 Å². The molecule has 0 saturated carbocycles. The van der Waals surface area contributed by atoms with Gasteiger partial charge in [0.2, 0.25) is 5.91 Å². The monoisotopic (exact) mass is 491 g/mol. The van der Waals surface area contributed by atoms with Crippen LogP contribution in [0.1, 0.15) is 37.8 Å². The number of carbonyl (C=O) groups is 2. The van der Waals surface area contributed by atoms with Gasteiger partial charge in [0.25, 0.3) is 5.24 Å². The number of rotatable bonds is 11. The summed E-state index contributed by atoms with van der Waals surface area (Å²) in [5, 5.41) is 2.02. The number of aryl methyl sites for hydroxylation is 1. The second kappa shape index (κ2) is 11.3. The van der Waals surface area contributed by atoms with Crippen LogP contribution in [0.3, 0.4) is 0 Å². The average molecular weight is 492 g/mol. The Morgan fingerprint density at radius 1 is 0.857 bits per heavy atom. The van der Waals surface area contributed by atoms with Gasteiger partial charge in [-0.05, 0) is 78.7 Å². The molecule has 182 valence electrons. The highest BCUT2D eigenvalue weighted by Gasteiger charge is 2.45. The molecule has 0 aromatic heterocycles. The standard InChI is InChI=1S/C28H29NO5S/c1-3-9-20-18-24(34-22-11-5-4-6-12-22)14-15-25(20)33-17-8-16-32-23-13-7-10-21(19-23)28(2)26(30)29-27(31)35-28/h4-7,10-15,18-19H,3,8-9,16-17H2,1-2H3,(H,29,30,31). The summed E-state index contributed by atoms with van der Waals surface area (Å²) in [6, 6.07) is 23.0. The molecule has 1 fully saturated rings. The van der Waals surface area contributed by atoms with Gasteiger partial charge in [-0.3, -0.25) is 14.9 Å². The van der Waals surface area contributed by atoms with Crippen LogP contribution in [0.5, 0.6) is 23.0 Å². The number of imide groups is 1. The molecule has 35 heavy (non-hydrogen) atoms. The molecule has 4 rings (SSSR count). The van der Waals surface area contributed by atoms with Crippen LogP contribution in [-0.4, -0.2) is 24.4 Å². The molecule has 1 aliphatic heterocycles. The number of carbonyl (C=O) groups excluding carboxylic acids is 2. The van der Waals surface area contributed by atoms with Gasteiger partial charge >= 0.3 is 0 Å². The van der Waals surface area contributed by atoms with Crippen molar-refractivity contribution in [2.45, 2.75) is 37.9 Å². The Hall–Kier alpha value is -3.45. The molecule has 1 atom stereocenters. The lowest BCUT2D eigenvalue weighted by atomic mass is 9.99. The summed E-state index contributed by atoms with van der Waals surface area (Å²) in [5.41, 5.74) is 1.85. The Bertz CT molecular complexity index is 1180. The molecule has 0 spiro atoms. The fraction of sp³-hybridized carbons (Fsp3) is 0.286. The Kier molecular flexibility index (Phi) is 7.98. The van der Waals surface area contributed by atoms with E-state index in [1.807, 2.05) is 72.8 Å². The first kappa shape index (κ1) is 24.7. The fourth-order valence-corrected chi connectivity index (χ4v) is 4.73. The van der Waals surface area contributed by atoms with E-state index in [4.69, 9.17) is 14.2 Å². The zero-order valence-electron chi connectivity index (χ0n) is 19.9. The lowest BCUT2D eigenvalue weighted by Gasteiger charge is -2.19. The number of benzene rings is 3. The highest BCUT2D eigenvalue weighted by molar-refractivity contribution is 8.15. The average Bonchev–Trinajstić information content (AvgIpc) is 3.13. The molecule has 2 amide bonds. The lowest BCUT2D eigenvalue weighted by molar-refractivity contribution is -0.121. The Balaban J connectivity index is 1.30. The van der Waals surface area contributed by atoms with Crippen molar-refractivity contribution in [1.29, 1.82) is 0 Å². The number of nitrogens with one attached hydrogen (secondary N) is 1. The molecule has 1 aliphatic rings. The number of thioether (sulfide) groups is 1. The van der Waals surface area contributed by atoms with E-state index in [0.717, 1.165) is 53.0 Å². The largest absolute Gasteiger partial charge is 0.493 e. The number of amides is 2. The van der Waals surface area contributed by atoms with Crippen molar-refractivity contribution in [2.24, 2.45) is 0 Å². The predicted molar refractivity (Wildman–Crippen MR) is 137 cm³/mol. The van der Waals surface area contributed by atoms with Crippen LogP contribution in [0.15, 0.2) is 72.8 Å². The number of ether oxygens (including phenoxy) is 3. The first-order valence-electron chi connectivity index (χ1n) is 11.7.